The molecular weight excluding hydrogens is 386 g/mol. The van der Waals surface area contributed by atoms with Crippen molar-refractivity contribution in [2.24, 2.45) is 0 Å². The topological polar surface area (TPSA) is 46.9 Å². The van der Waals surface area contributed by atoms with Gasteiger partial charge >= 0.3 is 6.18 Å². The van der Waals surface area contributed by atoms with Crippen LogP contribution in [0.2, 0.25) is 5.02 Å². The third-order valence-electron chi connectivity index (χ3n) is 3.86. The van der Waals surface area contributed by atoms with Crippen LogP contribution in [0.1, 0.15) is 21.6 Å². The number of carbonyl (C=O) groups is 1. The van der Waals surface area contributed by atoms with Gasteiger partial charge in [-0.15, -0.1) is 0 Å². The number of alkyl halides is 3. The first-order chi connectivity index (χ1) is 12.7. The number of rotatable bonds is 3. The summed E-state index contributed by atoms with van der Waals surface area (Å²) in [5.74, 6) is -1.20. The molecule has 0 saturated heterocycles. The Morgan fingerprint density at radius 3 is 2.56 bits per heavy atom. The molecule has 0 unspecified atom stereocenters. The number of benzene rings is 2. The van der Waals surface area contributed by atoms with Crippen molar-refractivity contribution in [3.05, 3.63) is 76.3 Å². The lowest BCUT2D eigenvalue weighted by Gasteiger charge is -2.12. The molecule has 1 amide bonds. The van der Waals surface area contributed by atoms with Crippen LogP contribution in [0.4, 0.5) is 23.2 Å². The van der Waals surface area contributed by atoms with Gasteiger partial charge in [-0.25, -0.2) is 9.07 Å². The monoisotopic (exact) mass is 397 g/mol. The second kappa shape index (κ2) is 7.03. The molecule has 2 aromatic carbocycles. The zero-order chi connectivity index (χ0) is 19.8. The average Bonchev–Trinajstić information content (AvgIpc) is 2.97. The number of amides is 1. The molecule has 0 bridgehead atoms. The standard InChI is InChI=1S/C18H12ClF4N3O/c1-10-12(9-24-26(10)16-5-3-2-4-15(16)20)17(27)25-11-6-7-14(19)13(8-11)18(21,22)23/h2-9H,1H3,(H,25,27). The molecule has 4 nitrogen and oxygen atoms in total. The molecular formula is C18H12ClF4N3O. The van der Waals surface area contributed by atoms with Crippen molar-refractivity contribution >= 4 is 23.2 Å². The van der Waals surface area contributed by atoms with E-state index >= 15 is 0 Å². The molecule has 9 heteroatoms. The van der Waals surface area contributed by atoms with Crippen molar-refractivity contribution in [2.45, 2.75) is 13.1 Å². The Bertz CT molecular complexity index is 1010. The van der Waals surface area contributed by atoms with E-state index in [1.54, 1.807) is 13.0 Å². The van der Waals surface area contributed by atoms with Crippen molar-refractivity contribution in [1.82, 2.24) is 9.78 Å². The van der Waals surface area contributed by atoms with Crippen LogP contribution in [0.25, 0.3) is 5.69 Å². The Labute approximate surface area is 156 Å². The van der Waals surface area contributed by atoms with Crippen LogP contribution in [0.3, 0.4) is 0 Å². The number of halogens is 5. The van der Waals surface area contributed by atoms with Gasteiger partial charge in [0.1, 0.15) is 11.5 Å². The summed E-state index contributed by atoms with van der Waals surface area (Å²) in [6, 6.07) is 8.93. The highest BCUT2D eigenvalue weighted by Crippen LogP contribution is 2.36. The third-order valence-corrected chi connectivity index (χ3v) is 4.19. The highest BCUT2D eigenvalue weighted by Gasteiger charge is 2.33. The molecule has 0 saturated carbocycles. The number of hydrogen-bond donors (Lipinski definition) is 1. The van der Waals surface area contributed by atoms with E-state index in [1.165, 1.54) is 35.1 Å². The van der Waals surface area contributed by atoms with Crippen LogP contribution < -0.4 is 5.32 Å². The second-order valence-electron chi connectivity index (χ2n) is 5.65. The van der Waals surface area contributed by atoms with E-state index in [0.29, 0.717) is 5.69 Å². The largest absolute Gasteiger partial charge is 0.417 e. The highest BCUT2D eigenvalue weighted by molar-refractivity contribution is 6.31. The molecule has 1 aromatic heterocycles. The zero-order valence-electron chi connectivity index (χ0n) is 13.8. The predicted octanol–water partition coefficient (Wildman–Crippen LogP) is 5.24. The fraction of sp³-hybridized carbons (Fsp3) is 0.111. The molecule has 0 radical (unpaired) electrons. The van der Waals surface area contributed by atoms with E-state index in [4.69, 9.17) is 11.6 Å². The van der Waals surface area contributed by atoms with Gasteiger partial charge in [0, 0.05) is 5.69 Å². The number of nitrogens with zero attached hydrogens (tertiary/aromatic N) is 2. The Kier molecular flexibility index (Phi) is 4.93. The van der Waals surface area contributed by atoms with Crippen molar-refractivity contribution in [2.75, 3.05) is 5.32 Å². The molecule has 0 aliphatic heterocycles. The van der Waals surface area contributed by atoms with Gasteiger partial charge in [-0.3, -0.25) is 4.79 Å². The lowest BCUT2D eigenvalue weighted by Crippen LogP contribution is -2.14. The van der Waals surface area contributed by atoms with E-state index < -0.39 is 28.5 Å². The quantitative estimate of drug-likeness (QED) is 0.614. The molecule has 0 aliphatic rings. The molecule has 1 N–H and O–H groups in total. The predicted molar refractivity (Wildman–Crippen MR) is 92.7 cm³/mol. The summed E-state index contributed by atoms with van der Waals surface area (Å²) in [7, 11) is 0. The molecule has 1 heterocycles. The normalized spacial score (nSPS) is 11.5. The fourth-order valence-electron chi connectivity index (χ4n) is 2.52. The van der Waals surface area contributed by atoms with Gasteiger partial charge in [-0.2, -0.15) is 18.3 Å². The van der Waals surface area contributed by atoms with Crippen LogP contribution in [0.15, 0.2) is 48.7 Å². The maximum Gasteiger partial charge on any atom is 0.417 e. The molecule has 0 atom stereocenters. The summed E-state index contributed by atoms with van der Waals surface area (Å²) in [6.45, 7) is 1.55. The molecule has 0 aliphatic carbocycles. The molecule has 3 rings (SSSR count). The molecule has 3 aromatic rings. The SMILES string of the molecule is Cc1c(C(=O)Nc2ccc(Cl)c(C(F)(F)F)c2)cnn1-c1ccccc1F. The lowest BCUT2D eigenvalue weighted by atomic mass is 10.1. The Morgan fingerprint density at radius 2 is 1.89 bits per heavy atom. The van der Waals surface area contributed by atoms with Gasteiger partial charge in [0.2, 0.25) is 0 Å². The zero-order valence-corrected chi connectivity index (χ0v) is 14.6. The number of carbonyl (C=O) groups excluding carboxylic acids is 1. The first kappa shape index (κ1) is 18.9. The highest BCUT2D eigenvalue weighted by atomic mass is 35.5. The molecule has 27 heavy (non-hydrogen) atoms. The first-order valence-electron chi connectivity index (χ1n) is 7.66. The van der Waals surface area contributed by atoms with E-state index in [9.17, 15) is 22.4 Å². The van der Waals surface area contributed by atoms with Crippen molar-refractivity contribution in [3.8, 4) is 5.69 Å². The number of anilines is 1. The smallest absolute Gasteiger partial charge is 0.322 e. The van der Waals surface area contributed by atoms with Crippen LogP contribution in [0.5, 0.6) is 0 Å². The summed E-state index contributed by atoms with van der Waals surface area (Å²) in [4.78, 5) is 12.4. The Balaban J connectivity index is 1.89. The van der Waals surface area contributed by atoms with E-state index in [-0.39, 0.29) is 16.9 Å². The third kappa shape index (κ3) is 3.80. The van der Waals surface area contributed by atoms with Crippen molar-refractivity contribution in [3.63, 3.8) is 0 Å². The summed E-state index contributed by atoms with van der Waals surface area (Å²) in [5, 5.41) is 5.90. The van der Waals surface area contributed by atoms with E-state index in [2.05, 4.69) is 10.4 Å². The minimum Gasteiger partial charge on any atom is -0.322 e. The number of hydrogen-bond acceptors (Lipinski definition) is 2. The van der Waals surface area contributed by atoms with Crippen LogP contribution in [-0.2, 0) is 6.18 Å². The van der Waals surface area contributed by atoms with Crippen LogP contribution >= 0.6 is 11.6 Å². The van der Waals surface area contributed by atoms with Gasteiger partial charge in [-0.05, 0) is 37.3 Å². The number of nitrogens with one attached hydrogen (secondary N) is 1. The number of aromatic nitrogens is 2. The molecule has 0 fully saturated rings. The van der Waals surface area contributed by atoms with Crippen LogP contribution in [0, 0.1) is 12.7 Å². The van der Waals surface area contributed by atoms with Gasteiger partial charge in [0.05, 0.1) is 28.0 Å². The van der Waals surface area contributed by atoms with Crippen LogP contribution in [-0.4, -0.2) is 15.7 Å². The van der Waals surface area contributed by atoms with Crippen molar-refractivity contribution in [1.29, 1.82) is 0 Å². The fourth-order valence-corrected chi connectivity index (χ4v) is 2.74. The molecule has 0 spiro atoms. The maximum atomic E-state index is 13.9. The minimum absolute atomic E-state index is 0.0743. The lowest BCUT2D eigenvalue weighted by molar-refractivity contribution is -0.137. The molecule has 140 valence electrons. The Morgan fingerprint density at radius 1 is 1.19 bits per heavy atom. The summed E-state index contributed by atoms with van der Waals surface area (Å²) in [5.41, 5.74) is -0.542. The van der Waals surface area contributed by atoms with E-state index in [0.717, 1.165) is 12.1 Å². The summed E-state index contributed by atoms with van der Waals surface area (Å²) < 4.78 is 54.0. The first-order valence-corrected chi connectivity index (χ1v) is 8.04. The van der Waals surface area contributed by atoms with Gasteiger partial charge in [0.15, 0.2) is 0 Å². The van der Waals surface area contributed by atoms with Gasteiger partial charge in [-0.1, -0.05) is 23.7 Å². The van der Waals surface area contributed by atoms with E-state index in [1.807, 2.05) is 0 Å². The maximum absolute atomic E-state index is 13.9. The minimum atomic E-state index is -4.65. The average molecular weight is 398 g/mol. The van der Waals surface area contributed by atoms with Gasteiger partial charge in [0.25, 0.3) is 5.91 Å². The summed E-state index contributed by atoms with van der Waals surface area (Å²) in [6.07, 6.45) is -3.43. The van der Waals surface area contributed by atoms with Gasteiger partial charge < -0.3 is 5.32 Å². The Hall–Kier alpha value is -2.87. The second-order valence-corrected chi connectivity index (χ2v) is 6.06. The van der Waals surface area contributed by atoms with Crippen molar-refractivity contribution < 1.29 is 22.4 Å². The number of para-hydroxylation sites is 1. The summed E-state index contributed by atoms with van der Waals surface area (Å²) >= 11 is 5.56.